The molecule has 0 spiro atoms. The van der Waals surface area contributed by atoms with Gasteiger partial charge in [-0.3, -0.25) is 9.59 Å². The summed E-state index contributed by atoms with van der Waals surface area (Å²) < 4.78 is 0. The molecule has 0 saturated heterocycles. The summed E-state index contributed by atoms with van der Waals surface area (Å²) in [6.45, 7) is 0. The number of imide groups is 1. The van der Waals surface area contributed by atoms with E-state index in [0.717, 1.165) is 28.4 Å². The van der Waals surface area contributed by atoms with Crippen molar-refractivity contribution in [3.8, 4) is 0 Å². The van der Waals surface area contributed by atoms with Gasteiger partial charge in [0.2, 0.25) is 0 Å². The number of thiazole rings is 1. The van der Waals surface area contributed by atoms with Crippen LogP contribution in [0.1, 0.15) is 10.5 Å². The van der Waals surface area contributed by atoms with Gasteiger partial charge in [0.05, 0.1) is 0 Å². The van der Waals surface area contributed by atoms with E-state index in [1.165, 1.54) is 5.38 Å². The Morgan fingerprint density at radius 1 is 1.33 bits per heavy atom. The van der Waals surface area contributed by atoms with Crippen LogP contribution in [0, 0.1) is 0 Å². The topological polar surface area (TPSA) is 87.6 Å². The Morgan fingerprint density at radius 2 is 1.93 bits per heavy atom. The summed E-state index contributed by atoms with van der Waals surface area (Å²) in [5.41, 5.74) is -0.178. The molecule has 0 aromatic carbocycles. The third-order valence-electron chi connectivity index (χ3n) is 1.71. The number of aromatic nitrogens is 1. The van der Waals surface area contributed by atoms with E-state index in [4.69, 9.17) is 5.11 Å². The molecule has 15 heavy (non-hydrogen) atoms. The molecule has 1 aromatic heterocycles. The molecule has 1 aliphatic rings. The van der Waals surface area contributed by atoms with Crippen molar-refractivity contribution in [2.75, 3.05) is 4.90 Å². The summed E-state index contributed by atoms with van der Waals surface area (Å²) in [6.07, 6.45) is 2.23. The number of nitrogens with zero attached hydrogens (tertiary/aromatic N) is 2. The molecular formula is C8H4N2O4S. The molecule has 0 atom stereocenters. The van der Waals surface area contributed by atoms with Gasteiger partial charge in [-0.15, -0.1) is 11.3 Å². The van der Waals surface area contributed by atoms with Crippen molar-refractivity contribution in [1.29, 1.82) is 0 Å². The summed E-state index contributed by atoms with van der Waals surface area (Å²) in [5.74, 6) is -2.21. The van der Waals surface area contributed by atoms with Crippen molar-refractivity contribution in [2.45, 2.75) is 0 Å². The third-order valence-corrected chi connectivity index (χ3v) is 2.54. The van der Waals surface area contributed by atoms with Crippen molar-refractivity contribution < 1.29 is 19.5 Å². The Balaban J connectivity index is 2.34. The largest absolute Gasteiger partial charge is 0.476 e. The molecule has 6 nitrogen and oxygen atoms in total. The number of amides is 2. The zero-order valence-corrected chi connectivity index (χ0v) is 8.02. The summed E-state index contributed by atoms with van der Waals surface area (Å²) in [5, 5.41) is 9.96. The van der Waals surface area contributed by atoms with Crippen LogP contribution in [0.5, 0.6) is 0 Å². The number of carboxylic acids is 1. The lowest BCUT2D eigenvalue weighted by atomic mass is 10.5. The molecule has 76 valence electrons. The second-order valence-electron chi connectivity index (χ2n) is 2.67. The van der Waals surface area contributed by atoms with E-state index in [9.17, 15) is 14.4 Å². The van der Waals surface area contributed by atoms with Crippen LogP contribution in [-0.4, -0.2) is 27.9 Å². The van der Waals surface area contributed by atoms with E-state index in [1.54, 1.807) is 0 Å². The first-order valence-electron chi connectivity index (χ1n) is 3.84. The predicted octanol–water partition coefficient (Wildman–Crippen LogP) is 0.271. The molecule has 1 aromatic rings. The van der Waals surface area contributed by atoms with E-state index < -0.39 is 17.8 Å². The Kier molecular flexibility index (Phi) is 2.09. The van der Waals surface area contributed by atoms with E-state index in [1.807, 2.05) is 0 Å². The van der Waals surface area contributed by atoms with Crippen LogP contribution in [0.15, 0.2) is 17.5 Å². The predicted molar refractivity (Wildman–Crippen MR) is 50.7 cm³/mol. The molecule has 7 heteroatoms. The molecule has 1 N–H and O–H groups in total. The van der Waals surface area contributed by atoms with Crippen LogP contribution >= 0.6 is 11.3 Å². The van der Waals surface area contributed by atoms with Gasteiger partial charge in [-0.2, -0.15) is 0 Å². The fourth-order valence-corrected chi connectivity index (χ4v) is 1.86. The molecule has 2 rings (SSSR count). The Morgan fingerprint density at radius 3 is 2.40 bits per heavy atom. The van der Waals surface area contributed by atoms with E-state index in [-0.39, 0.29) is 10.8 Å². The van der Waals surface area contributed by atoms with Crippen molar-refractivity contribution in [2.24, 2.45) is 0 Å². The van der Waals surface area contributed by atoms with Gasteiger partial charge in [0.15, 0.2) is 10.8 Å². The number of carbonyl (C=O) groups is 3. The summed E-state index contributed by atoms with van der Waals surface area (Å²) in [6, 6.07) is 0. The molecule has 0 fully saturated rings. The van der Waals surface area contributed by atoms with Gasteiger partial charge in [0.25, 0.3) is 11.8 Å². The number of aromatic carboxylic acids is 1. The Labute approximate surface area is 87.5 Å². The lowest BCUT2D eigenvalue weighted by Gasteiger charge is -2.07. The standard InChI is InChI=1S/C8H4N2O4S/c11-5-1-2-6(12)10(5)8-9-4(3-15-8)7(13)14/h1-3H,(H,13,14). The molecule has 2 amide bonds. The van der Waals surface area contributed by atoms with Crippen molar-refractivity contribution in [1.82, 2.24) is 4.98 Å². The molecule has 0 saturated carbocycles. The van der Waals surface area contributed by atoms with Crippen LogP contribution < -0.4 is 4.90 Å². The molecular weight excluding hydrogens is 220 g/mol. The smallest absolute Gasteiger partial charge is 0.355 e. The maximum absolute atomic E-state index is 11.2. The third kappa shape index (κ3) is 1.52. The monoisotopic (exact) mass is 224 g/mol. The molecule has 0 radical (unpaired) electrons. The lowest BCUT2D eigenvalue weighted by Crippen LogP contribution is -2.29. The highest BCUT2D eigenvalue weighted by molar-refractivity contribution is 7.14. The number of hydrogen-bond acceptors (Lipinski definition) is 5. The van der Waals surface area contributed by atoms with Crippen molar-refractivity contribution in [3.05, 3.63) is 23.2 Å². The van der Waals surface area contributed by atoms with Crippen molar-refractivity contribution in [3.63, 3.8) is 0 Å². The van der Waals surface area contributed by atoms with Gasteiger partial charge in [-0.1, -0.05) is 0 Å². The second-order valence-corrected chi connectivity index (χ2v) is 3.50. The average molecular weight is 224 g/mol. The van der Waals surface area contributed by atoms with Gasteiger partial charge < -0.3 is 5.11 Å². The van der Waals surface area contributed by atoms with Gasteiger partial charge in [-0.05, 0) is 0 Å². The fourth-order valence-electron chi connectivity index (χ4n) is 1.05. The average Bonchev–Trinajstić information content (AvgIpc) is 2.73. The van der Waals surface area contributed by atoms with Crippen LogP contribution in [0.2, 0.25) is 0 Å². The maximum atomic E-state index is 11.2. The van der Waals surface area contributed by atoms with Crippen LogP contribution in [-0.2, 0) is 9.59 Å². The van der Waals surface area contributed by atoms with Gasteiger partial charge in [0, 0.05) is 17.5 Å². The number of rotatable bonds is 2. The first kappa shape index (κ1) is 9.53. The molecule has 0 unspecified atom stereocenters. The van der Waals surface area contributed by atoms with E-state index in [2.05, 4.69) is 4.98 Å². The van der Waals surface area contributed by atoms with Crippen LogP contribution in [0.25, 0.3) is 0 Å². The second kappa shape index (κ2) is 3.28. The molecule has 1 aliphatic heterocycles. The Bertz CT molecular complexity index is 473. The van der Waals surface area contributed by atoms with E-state index >= 15 is 0 Å². The Hall–Kier alpha value is -2.02. The van der Waals surface area contributed by atoms with Gasteiger partial charge >= 0.3 is 5.97 Å². The number of hydrogen-bond donors (Lipinski definition) is 1. The molecule has 0 bridgehead atoms. The summed E-state index contributed by atoms with van der Waals surface area (Å²) >= 11 is 0.935. The van der Waals surface area contributed by atoms with Crippen LogP contribution in [0.3, 0.4) is 0 Å². The SMILES string of the molecule is O=C(O)c1csc(N2C(=O)C=CC2=O)n1. The first-order valence-corrected chi connectivity index (χ1v) is 4.72. The lowest BCUT2D eigenvalue weighted by molar-refractivity contribution is -0.119. The summed E-state index contributed by atoms with van der Waals surface area (Å²) in [4.78, 5) is 37.4. The zero-order chi connectivity index (χ0) is 11.0. The number of carboxylic acid groups (broad SMARTS) is 1. The quantitative estimate of drug-likeness (QED) is 0.728. The zero-order valence-electron chi connectivity index (χ0n) is 7.21. The highest BCUT2D eigenvalue weighted by Crippen LogP contribution is 2.23. The van der Waals surface area contributed by atoms with Crippen LogP contribution in [0.4, 0.5) is 5.13 Å². The first-order chi connectivity index (χ1) is 7.09. The molecule has 2 heterocycles. The highest BCUT2D eigenvalue weighted by atomic mass is 32.1. The fraction of sp³-hybridized carbons (Fsp3) is 0. The minimum Gasteiger partial charge on any atom is -0.476 e. The normalized spacial score (nSPS) is 15.1. The number of carbonyl (C=O) groups excluding carboxylic acids is 2. The maximum Gasteiger partial charge on any atom is 0.355 e. The summed E-state index contributed by atoms with van der Waals surface area (Å²) in [7, 11) is 0. The van der Waals surface area contributed by atoms with Crippen molar-refractivity contribution >= 4 is 34.3 Å². The van der Waals surface area contributed by atoms with E-state index in [0.29, 0.717) is 0 Å². The highest BCUT2D eigenvalue weighted by Gasteiger charge is 2.28. The van der Waals surface area contributed by atoms with Gasteiger partial charge in [0.1, 0.15) is 0 Å². The number of anilines is 1. The van der Waals surface area contributed by atoms with Gasteiger partial charge in [-0.25, -0.2) is 14.7 Å². The minimum atomic E-state index is -1.19. The minimum absolute atomic E-state index is 0.0763. The molecule has 0 aliphatic carbocycles.